The lowest BCUT2D eigenvalue weighted by molar-refractivity contribution is 0.0171. The molecule has 0 saturated heterocycles. The molecule has 8 heteroatoms. The van der Waals surface area contributed by atoms with Crippen molar-refractivity contribution in [1.29, 1.82) is 5.41 Å². The smallest absolute Gasteiger partial charge is 0.292 e. The Kier molecular flexibility index (Phi) is 7.21. The average molecular weight is 251 g/mol. The van der Waals surface area contributed by atoms with Crippen LogP contribution in [-0.4, -0.2) is 36.1 Å². The number of phosphoric acid groups is 1. The number of hydrogen-bond acceptors (Lipinski definition) is 6. The second-order valence-corrected chi connectivity index (χ2v) is 4.73. The highest BCUT2D eigenvalue weighted by Gasteiger charge is 2.29. The molecule has 0 fully saturated rings. The number of rotatable bonds is 8. The third-order valence-corrected chi connectivity index (χ3v) is 2.62. The highest BCUT2D eigenvalue weighted by molar-refractivity contribution is 7.47. The maximum Gasteiger partial charge on any atom is 0.550 e. The monoisotopic (exact) mass is 251 g/mol. The van der Waals surface area contributed by atoms with Crippen molar-refractivity contribution in [2.75, 3.05) is 14.1 Å². The molecule has 2 atom stereocenters. The number of hydrogen-bond donors (Lipinski definition) is 2. The summed E-state index contributed by atoms with van der Waals surface area (Å²) < 4.78 is 20.3. The zero-order chi connectivity index (χ0) is 12.6. The van der Waals surface area contributed by atoms with Crippen LogP contribution >= 0.6 is 7.82 Å². The first-order valence-electron chi connectivity index (χ1n) is 4.91. The zero-order valence-electron chi connectivity index (χ0n) is 9.71. The van der Waals surface area contributed by atoms with E-state index in [-0.39, 0.29) is 0 Å². The first-order chi connectivity index (χ1) is 7.43. The van der Waals surface area contributed by atoms with Gasteiger partial charge in [-0.05, 0) is 32.1 Å². The van der Waals surface area contributed by atoms with Crippen molar-refractivity contribution in [2.45, 2.75) is 32.4 Å². The van der Waals surface area contributed by atoms with Gasteiger partial charge in [-0.1, -0.05) is 13.3 Å². The van der Waals surface area contributed by atoms with E-state index in [0.29, 0.717) is 6.42 Å². The van der Waals surface area contributed by atoms with E-state index in [4.69, 9.17) is 9.93 Å². The molecule has 2 unspecified atom stereocenters. The number of phosphoric ester groups is 1. The molecule has 0 aliphatic rings. The van der Waals surface area contributed by atoms with Crippen molar-refractivity contribution < 1.29 is 18.6 Å². The summed E-state index contributed by atoms with van der Waals surface area (Å²) >= 11 is 0. The molecule has 94 valence electrons. The van der Waals surface area contributed by atoms with Gasteiger partial charge in [0.25, 0.3) is 0 Å². The van der Waals surface area contributed by atoms with Crippen molar-refractivity contribution in [3.63, 3.8) is 0 Å². The molecule has 0 aromatic carbocycles. The second-order valence-electron chi connectivity index (χ2n) is 3.42. The van der Waals surface area contributed by atoms with Crippen molar-refractivity contribution in [3.05, 3.63) is 0 Å². The summed E-state index contributed by atoms with van der Waals surface area (Å²) in [5.74, 6) is 0. The van der Waals surface area contributed by atoms with Gasteiger partial charge in [0.1, 0.15) is 12.2 Å². The van der Waals surface area contributed by atoms with Crippen molar-refractivity contribution >= 4 is 13.8 Å². The lowest BCUT2D eigenvalue weighted by Crippen LogP contribution is -2.29. The van der Waals surface area contributed by atoms with Gasteiger partial charge in [-0.2, -0.15) is 0 Å². The van der Waals surface area contributed by atoms with Gasteiger partial charge in [0.2, 0.25) is 0 Å². The topological polar surface area (TPSA) is 95.2 Å². The molecule has 0 aromatic rings. The molecule has 0 rings (SSSR count). The molecule has 0 spiro atoms. The van der Waals surface area contributed by atoms with Gasteiger partial charge >= 0.3 is 7.82 Å². The van der Waals surface area contributed by atoms with Gasteiger partial charge in [-0.15, -0.1) is 0 Å². The molecule has 0 amide bonds. The summed E-state index contributed by atoms with van der Waals surface area (Å²) in [7, 11) is -0.777. The van der Waals surface area contributed by atoms with Crippen molar-refractivity contribution in [1.82, 2.24) is 4.90 Å². The van der Waals surface area contributed by atoms with E-state index in [2.05, 4.69) is 9.78 Å². The van der Waals surface area contributed by atoms with Crippen LogP contribution in [0.25, 0.3) is 0 Å². The van der Waals surface area contributed by atoms with Crippen molar-refractivity contribution in [2.24, 2.45) is 5.16 Å². The molecule has 0 aromatic heterocycles. The minimum absolute atomic E-state index is 0.517. The van der Waals surface area contributed by atoms with E-state index >= 15 is 0 Å². The minimum Gasteiger partial charge on any atom is -0.292 e. The first kappa shape index (κ1) is 15.3. The molecule has 16 heavy (non-hydrogen) atoms. The van der Waals surface area contributed by atoms with E-state index in [0.717, 1.165) is 12.8 Å². The van der Waals surface area contributed by atoms with Crippen molar-refractivity contribution in [3.8, 4) is 0 Å². The van der Waals surface area contributed by atoms with Crippen LogP contribution in [0.3, 0.4) is 0 Å². The van der Waals surface area contributed by atoms with Gasteiger partial charge in [0, 0.05) is 0 Å². The molecule has 0 saturated carbocycles. The molecule has 7 nitrogen and oxygen atoms in total. The van der Waals surface area contributed by atoms with Crippen LogP contribution in [0.2, 0.25) is 0 Å². The first-order valence-corrected chi connectivity index (χ1v) is 6.40. The van der Waals surface area contributed by atoms with Crippen LogP contribution < -0.4 is 0 Å². The van der Waals surface area contributed by atoms with Gasteiger partial charge in [0.05, 0.1) is 0 Å². The number of nitrogens with zero attached hydrogens (tertiary/aromatic N) is 2. The summed E-state index contributed by atoms with van der Waals surface area (Å²) in [5, 5.41) is 9.22. The van der Waals surface area contributed by atoms with E-state index in [9.17, 15) is 9.46 Å². The molecular formula is C8H18N3O4P. The third kappa shape index (κ3) is 6.71. The van der Waals surface area contributed by atoms with Gasteiger partial charge in [0.15, 0.2) is 0 Å². The van der Waals surface area contributed by atoms with Crippen LogP contribution in [0.4, 0.5) is 0 Å². The predicted octanol–water partition coefficient (Wildman–Crippen LogP) is 1.87. The Bertz CT molecular complexity index is 291. The molecule has 0 aliphatic carbocycles. The molecule has 0 aliphatic heterocycles. The molecular weight excluding hydrogens is 233 g/mol. The second kappa shape index (κ2) is 7.54. The van der Waals surface area contributed by atoms with E-state index in [1.54, 1.807) is 19.0 Å². The Morgan fingerprint density at radius 1 is 1.62 bits per heavy atom. The highest BCUT2D eigenvalue weighted by atomic mass is 31.2. The fraction of sp³-hybridized carbons (Fsp3) is 0.875. The Labute approximate surface area is 95.2 Å². The Morgan fingerprint density at radius 2 is 2.25 bits per heavy atom. The summed E-state index contributed by atoms with van der Waals surface area (Å²) in [6.07, 6.45) is 1.93. The molecule has 0 radical (unpaired) electrons. The fourth-order valence-corrected chi connectivity index (χ4v) is 1.81. The fourth-order valence-electron chi connectivity index (χ4n) is 1.03. The predicted molar refractivity (Wildman–Crippen MR) is 59.2 cm³/mol. The van der Waals surface area contributed by atoms with Gasteiger partial charge in [-0.25, -0.2) is 9.97 Å². The summed E-state index contributed by atoms with van der Waals surface area (Å²) in [6, 6.07) is 1.50. The quantitative estimate of drug-likeness (QED) is 0.297. The third-order valence-electron chi connectivity index (χ3n) is 1.83. The van der Waals surface area contributed by atoms with Crippen LogP contribution in [-0.2, 0) is 13.7 Å². The number of nitrogens with one attached hydrogen (secondary N) is 1. The standard InChI is InChI=1S/C8H18N3O4P/c1-4-5-6-8(11(2)3)14-16(12,13)15-10-7-9/h8-9H,4-6H2,1-3H3,(H,12,13). The molecule has 0 heterocycles. The van der Waals surface area contributed by atoms with Crippen LogP contribution in [0, 0.1) is 5.41 Å². The van der Waals surface area contributed by atoms with E-state index in [1.165, 1.54) is 6.01 Å². The summed E-state index contributed by atoms with van der Waals surface area (Å²) in [4.78, 5) is 10.9. The normalized spacial score (nSPS) is 16.3. The van der Waals surface area contributed by atoms with Gasteiger partial charge < -0.3 is 0 Å². The largest absolute Gasteiger partial charge is 0.550 e. The average Bonchev–Trinajstić information content (AvgIpc) is 2.21. The van der Waals surface area contributed by atoms with Crippen LogP contribution in [0.15, 0.2) is 5.16 Å². The van der Waals surface area contributed by atoms with E-state index in [1.807, 2.05) is 6.92 Å². The summed E-state index contributed by atoms with van der Waals surface area (Å²) in [5.41, 5.74) is 0. The van der Waals surface area contributed by atoms with Gasteiger partial charge in [-0.3, -0.25) is 18.9 Å². The van der Waals surface area contributed by atoms with Crippen LogP contribution in [0.5, 0.6) is 0 Å². The SMILES string of the molecule is CCCCC(OP(=O)(O)ON=C=N)N(C)C. The lowest BCUT2D eigenvalue weighted by Gasteiger charge is -2.24. The highest BCUT2D eigenvalue weighted by Crippen LogP contribution is 2.45. The Balaban J connectivity index is 4.36. The molecule has 0 bridgehead atoms. The number of unbranched alkanes of at least 4 members (excludes halogenated alkanes) is 1. The summed E-state index contributed by atoms with van der Waals surface area (Å²) in [6.45, 7) is 2.01. The lowest BCUT2D eigenvalue weighted by atomic mass is 10.2. The Morgan fingerprint density at radius 3 is 2.69 bits per heavy atom. The minimum atomic E-state index is -4.25. The van der Waals surface area contributed by atoms with E-state index < -0.39 is 14.1 Å². The maximum atomic E-state index is 11.3. The van der Waals surface area contributed by atoms with Crippen LogP contribution in [0.1, 0.15) is 26.2 Å². The maximum absolute atomic E-state index is 11.3. The zero-order valence-corrected chi connectivity index (χ0v) is 10.6. The molecule has 2 N–H and O–H groups in total. The Hall–Kier alpha value is -0.710.